The van der Waals surface area contributed by atoms with Crippen LogP contribution in [0.1, 0.15) is 51.5 Å². The van der Waals surface area contributed by atoms with Crippen molar-refractivity contribution in [3.8, 4) is 11.5 Å². The summed E-state index contributed by atoms with van der Waals surface area (Å²) in [4.78, 5) is 0. The summed E-state index contributed by atoms with van der Waals surface area (Å²) in [5, 5.41) is 13.2. The minimum absolute atomic E-state index is 0.300. The van der Waals surface area contributed by atoms with Gasteiger partial charge in [0.25, 0.3) is 0 Å². The van der Waals surface area contributed by atoms with Crippen LogP contribution < -0.4 is 10.1 Å². The normalized spacial score (nSPS) is 11.0. The van der Waals surface area contributed by atoms with Crippen molar-refractivity contribution in [2.24, 2.45) is 5.92 Å². The average molecular weight is 279 g/mol. The Hall–Kier alpha value is -1.22. The molecule has 0 saturated heterocycles. The second kappa shape index (κ2) is 9.65. The molecule has 0 atom stereocenters. The van der Waals surface area contributed by atoms with Gasteiger partial charge >= 0.3 is 0 Å². The highest BCUT2D eigenvalue weighted by molar-refractivity contribution is 5.39. The number of aromatic hydroxyl groups is 1. The Morgan fingerprint density at radius 1 is 1.15 bits per heavy atom. The van der Waals surface area contributed by atoms with Crippen molar-refractivity contribution in [1.82, 2.24) is 5.32 Å². The SMILES string of the molecule is COc1ccc(CNCCCCCCC(C)C)c(O)c1. The first-order valence-electron chi connectivity index (χ1n) is 7.70. The average Bonchev–Trinajstić information content (AvgIpc) is 2.42. The van der Waals surface area contributed by atoms with Crippen molar-refractivity contribution >= 4 is 0 Å². The quantitative estimate of drug-likeness (QED) is 0.634. The molecule has 1 aromatic rings. The monoisotopic (exact) mass is 279 g/mol. The Morgan fingerprint density at radius 2 is 1.90 bits per heavy atom. The number of phenolic OH excluding ortho intramolecular Hbond substituents is 1. The zero-order valence-electron chi connectivity index (χ0n) is 13.1. The molecule has 0 aliphatic carbocycles. The van der Waals surface area contributed by atoms with Crippen LogP contribution in [0.15, 0.2) is 18.2 Å². The van der Waals surface area contributed by atoms with Crippen molar-refractivity contribution in [3.63, 3.8) is 0 Å². The predicted molar refractivity (Wildman–Crippen MR) is 84.3 cm³/mol. The second-order valence-electron chi connectivity index (χ2n) is 5.77. The maximum absolute atomic E-state index is 9.83. The topological polar surface area (TPSA) is 41.5 Å². The van der Waals surface area contributed by atoms with Crippen molar-refractivity contribution in [3.05, 3.63) is 23.8 Å². The molecule has 0 bridgehead atoms. The van der Waals surface area contributed by atoms with E-state index in [-0.39, 0.29) is 0 Å². The first kappa shape index (κ1) is 16.8. The van der Waals surface area contributed by atoms with Gasteiger partial charge in [-0.05, 0) is 24.9 Å². The summed E-state index contributed by atoms with van der Waals surface area (Å²) in [7, 11) is 1.60. The molecule has 0 saturated carbocycles. The van der Waals surface area contributed by atoms with Gasteiger partial charge in [0.05, 0.1) is 7.11 Å². The molecule has 0 aliphatic rings. The van der Waals surface area contributed by atoms with Gasteiger partial charge in [0.1, 0.15) is 11.5 Å². The zero-order valence-corrected chi connectivity index (χ0v) is 13.1. The lowest BCUT2D eigenvalue weighted by molar-refractivity contribution is 0.406. The number of unbranched alkanes of at least 4 members (excludes halogenated alkanes) is 3. The molecule has 0 radical (unpaired) electrons. The van der Waals surface area contributed by atoms with E-state index in [1.54, 1.807) is 13.2 Å². The number of methoxy groups -OCH3 is 1. The van der Waals surface area contributed by atoms with E-state index in [2.05, 4.69) is 19.2 Å². The van der Waals surface area contributed by atoms with Crippen molar-refractivity contribution in [2.75, 3.05) is 13.7 Å². The van der Waals surface area contributed by atoms with Crippen molar-refractivity contribution in [2.45, 2.75) is 52.5 Å². The number of hydrogen-bond acceptors (Lipinski definition) is 3. The van der Waals surface area contributed by atoms with E-state index in [1.807, 2.05) is 12.1 Å². The van der Waals surface area contributed by atoms with Crippen LogP contribution in [0.5, 0.6) is 11.5 Å². The summed E-state index contributed by atoms with van der Waals surface area (Å²) in [6.45, 7) is 6.28. The van der Waals surface area contributed by atoms with Gasteiger partial charge in [-0.3, -0.25) is 0 Å². The molecule has 0 amide bonds. The first-order chi connectivity index (χ1) is 9.63. The van der Waals surface area contributed by atoms with Gasteiger partial charge in [0.15, 0.2) is 0 Å². The lowest BCUT2D eigenvalue weighted by atomic mass is 10.0. The molecular weight excluding hydrogens is 250 g/mol. The molecule has 3 heteroatoms. The molecule has 0 unspecified atom stereocenters. The van der Waals surface area contributed by atoms with Gasteiger partial charge in [-0.1, -0.05) is 45.6 Å². The molecular formula is C17H29NO2. The van der Waals surface area contributed by atoms with Crippen molar-refractivity contribution in [1.29, 1.82) is 0 Å². The van der Waals surface area contributed by atoms with Crippen LogP contribution in [0.4, 0.5) is 0 Å². The van der Waals surface area contributed by atoms with Crippen LogP contribution in [0, 0.1) is 5.92 Å². The van der Waals surface area contributed by atoms with Gasteiger partial charge in [-0.25, -0.2) is 0 Å². The third kappa shape index (κ3) is 6.80. The number of hydrogen-bond donors (Lipinski definition) is 2. The summed E-state index contributed by atoms with van der Waals surface area (Å²) in [5.74, 6) is 1.82. The van der Waals surface area contributed by atoms with Gasteiger partial charge < -0.3 is 15.2 Å². The predicted octanol–water partition coefficient (Wildman–Crippen LogP) is 4.10. The highest BCUT2D eigenvalue weighted by atomic mass is 16.5. The highest BCUT2D eigenvalue weighted by Gasteiger charge is 2.02. The third-order valence-electron chi connectivity index (χ3n) is 3.49. The molecule has 1 aromatic carbocycles. The molecule has 20 heavy (non-hydrogen) atoms. The van der Waals surface area contributed by atoms with Crippen LogP contribution in [-0.2, 0) is 6.54 Å². The maximum atomic E-state index is 9.83. The minimum atomic E-state index is 0.300. The molecule has 114 valence electrons. The van der Waals surface area contributed by atoms with E-state index in [0.29, 0.717) is 18.0 Å². The molecule has 3 nitrogen and oxygen atoms in total. The van der Waals surface area contributed by atoms with Crippen LogP contribution in [0.2, 0.25) is 0 Å². The molecule has 0 aliphatic heterocycles. The fourth-order valence-corrected chi connectivity index (χ4v) is 2.20. The zero-order chi connectivity index (χ0) is 14.8. The van der Waals surface area contributed by atoms with Gasteiger partial charge in [0, 0.05) is 18.2 Å². The summed E-state index contributed by atoms with van der Waals surface area (Å²) < 4.78 is 5.07. The lowest BCUT2D eigenvalue weighted by Gasteiger charge is -2.08. The van der Waals surface area contributed by atoms with E-state index in [1.165, 1.54) is 32.1 Å². The molecule has 0 spiro atoms. The third-order valence-corrected chi connectivity index (χ3v) is 3.49. The van der Waals surface area contributed by atoms with E-state index >= 15 is 0 Å². The van der Waals surface area contributed by atoms with E-state index in [9.17, 15) is 5.11 Å². The van der Waals surface area contributed by atoms with Crippen LogP contribution >= 0.6 is 0 Å². The van der Waals surface area contributed by atoms with Gasteiger partial charge in [0.2, 0.25) is 0 Å². The molecule has 2 N–H and O–H groups in total. The van der Waals surface area contributed by atoms with Crippen LogP contribution in [0.3, 0.4) is 0 Å². The number of rotatable bonds is 10. The van der Waals surface area contributed by atoms with Crippen LogP contribution in [-0.4, -0.2) is 18.8 Å². The Balaban J connectivity index is 2.09. The Morgan fingerprint density at radius 3 is 2.55 bits per heavy atom. The summed E-state index contributed by atoms with van der Waals surface area (Å²) in [5.41, 5.74) is 0.922. The lowest BCUT2D eigenvalue weighted by Crippen LogP contribution is -2.14. The maximum Gasteiger partial charge on any atom is 0.123 e. The Labute approximate surface area is 123 Å². The van der Waals surface area contributed by atoms with Crippen molar-refractivity contribution < 1.29 is 9.84 Å². The van der Waals surface area contributed by atoms with Gasteiger partial charge in [-0.15, -0.1) is 0 Å². The molecule has 1 rings (SSSR count). The summed E-state index contributed by atoms with van der Waals surface area (Å²) in [6.07, 6.45) is 6.50. The standard InChI is InChI=1S/C17H29NO2/c1-14(2)8-6-4-5-7-11-18-13-15-9-10-16(20-3)12-17(15)19/h9-10,12,14,18-19H,4-8,11,13H2,1-3H3. The molecule has 0 aromatic heterocycles. The molecule has 0 heterocycles. The Bertz CT molecular complexity index is 377. The molecule has 0 fully saturated rings. The van der Waals surface area contributed by atoms with Crippen LogP contribution in [0.25, 0.3) is 0 Å². The second-order valence-corrected chi connectivity index (χ2v) is 5.77. The number of ether oxygens (including phenoxy) is 1. The minimum Gasteiger partial charge on any atom is -0.507 e. The van der Waals surface area contributed by atoms with Gasteiger partial charge in [-0.2, -0.15) is 0 Å². The first-order valence-corrected chi connectivity index (χ1v) is 7.70. The largest absolute Gasteiger partial charge is 0.507 e. The summed E-state index contributed by atoms with van der Waals surface area (Å²) in [6, 6.07) is 5.44. The number of benzene rings is 1. The summed E-state index contributed by atoms with van der Waals surface area (Å²) >= 11 is 0. The van der Waals surface area contributed by atoms with E-state index in [4.69, 9.17) is 4.74 Å². The van der Waals surface area contributed by atoms with E-state index < -0.39 is 0 Å². The number of nitrogens with one attached hydrogen (secondary N) is 1. The Kier molecular flexibility index (Phi) is 8.12. The smallest absolute Gasteiger partial charge is 0.123 e. The fourth-order valence-electron chi connectivity index (χ4n) is 2.20. The highest BCUT2D eigenvalue weighted by Crippen LogP contribution is 2.23. The fraction of sp³-hybridized carbons (Fsp3) is 0.647. The number of phenols is 1. The van der Waals surface area contributed by atoms with E-state index in [0.717, 1.165) is 18.0 Å².